The third-order valence-corrected chi connectivity index (χ3v) is 3.95. The van der Waals surface area contributed by atoms with E-state index in [0.29, 0.717) is 11.5 Å². The molecular weight excluding hydrogens is 290 g/mol. The first-order valence-corrected chi connectivity index (χ1v) is 7.15. The van der Waals surface area contributed by atoms with Crippen molar-refractivity contribution in [3.8, 4) is 0 Å². The number of nitro groups is 1. The second-order valence-corrected chi connectivity index (χ2v) is 5.42. The molecule has 0 aliphatic carbocycles. The maximum atomic E-state index is 10.6. The first-order chi connectivity index (χ1) is 10.1. The molecule has 1 aromatic carbocycles. The van der Waals surface area contributed by atoms with E-state index < -0.39 is 4.92 Å². The van der Waals surface area contributed by atoms with Crippen LogP contribution in [0.4, 0.5) is 5.69 Å². The summed E-state index contributed by atoms with van der Waals surface area (Å²) in [5.41, 5.74) is 1.98. The molecule has 8 heteroatoms. The van der Waals surface area contributed by atoms with Gasteiger partial charge < -0.3 is 0 Å². The lowest BCUT2D eigenvalue weighted by molar-refractivity contribution is -0.384. The number of benzene rings is 1. The lowest BCUT2D eigenvalue weighted by Gasteiger charge is -2.05. The number of hydrogen-bond donors (Lipinski definition) is 0. The Morgan fingerprint density at radius 3 is 2.81 bits per heavy atom. The predicted octanol–water partition coefficient (Wildman–Crippen LogP) is 2.63. The van der Waals surface area contributed by atoms with Crippen LogP contribution in [0.1, 0.15) is 11.3 Å². The van der Waals surface area contributed by atoms with Gasteiger partial charge in [-0.25, -0.2) is 4.98 Å². The number of nitrogens with zero attached hydrogens (tertiary/aromatic N) is 5. The number of non-ortho nitro benzene ring substituents is 1. The fourth-order valence-electron chi connectivity index (χ4n) is 1.87. The maximum Gasteiger partial charge on any atom is 0.269 e. The van der Waals surface area contributed by atoms with Gasteiger partial charge in [-0.1, -0.05) is 12.1 Å². The second kappa shape index (κ2) is 5.49. The number of aryl methyl sites for hydroxylation is 1. The van der Waals surface area contributed by atoms with Crippen LogP contribution in [0, 0.1) is 17.0 Å². The number of thioether (sulfide) groups is 1. The van der Waals surface area contributed by atoms with Crippen molar-refractivity contribution in [3.63, 3.8) is 0 Å². The Balaban J connectivity index is 1.80. The van der Waals surface area contributed by atoms with Crippen LogP contribution in [0.25, 0.3) is 5.78 Å². The highest BCUT2D eigenvalue weighted by atomic mass is 32.2. The molecular formula is C13H11N5O2S. The summed E-state index contributed by atoms with van der Waals surface area (Å²) in [5.74, 6) is 1.26. The minimum atomic E-state index is -0.401. The average molecular weight is 301 g/mol. The van der Waals surface area contributed by atoms with E-state index in [9.17, 15) is 10.1 Å². The number of nitro benzene ring substituents is 1. The van der Waals surface area contributed by atoms with Gasteiger partial charge in [-0.15, -0.1) is 11.8 Å². The predicted molar refractivity (Wildman–Crippen MR) is 78.2 cm³/mol. The van der Waals surface area contributed by atoms with Crippen molar-refractivity contribution in [1.29, 1.82) is 0 Å². The average Bonchev–Trinajstić information content (AvgIpc) is 2.93. The Morgan fingerprint density at radius 1 is 1.33 bits per heavy atom. The van der Waals surface area contributed by atoms with Gasteiger partial charge in [0.1, 0.15) is 11.4 Å². The highest BCUT2D eigenvalue weighted by molar-refractivity contribution is 7.98. The molecule has 0 saturated heterocycles. The van der Waals surface area contributed by atoms with Crippen LogP contribution in [0.5, 0.6) is 0 Å². The van der Waals surface area contributed by atoms with Crippen molar-refractivity contribution in [2.24, 2.45) is 0 Å². The lowest BCUT2D eigenvalue weighted by atomic mass is 10.2. The molecule has 7 nitrogen and oxygen atoms in total. The molecule has 2 aromatic heterocycles. The molecule has 3 rings (SSSR count). The van der Waals surface area contributed by atoms with Crippen LogP contribution in [-0.4, -0.2) is 24.5 Å². The molecule has 0 aliphatic rings. The summed E-state index contributed by atoms with van der Waals surface area (Å²) in [6, 6.07) is 8.49. The van der Waals surface area contributed by atoms with E-state index in [-0.39, 0.29) is 5.69 Å². The molecule has 0 atom stereocenters. The fourth-order valence-corrected chi connectivity index (χ4v) is 2.88. The van der Waals surface area contributed by atoms with Gasteiger partial charge in [0, 0.05) is 23.6 Å². The molecule has 0 saturated carbocycles. The SMILES string of the molecule is Cc1cc(SCc2ccc([N+](=O)[O-])cc2)n2ncnc2n1. The van der Waals surface area contributed by atoms with Crippen molar-refractivity contribution >= 4 is 23.2 Å². The van der Waals surface area contributed by atoms with Crippen LogP contribution in [0.3, 0.4) is 0 Å². The lowest BCUT2D eigenvalue weighted by Crippen LogP contribution is -1.97. The van der Waals surface area contributed by atoms with E-state index in [0.717, 1.165) is 16.3 Å². The Kier molecular flexibility index (Phi) is 3.53. The van der Waals surface area contributed by atoms with E-state index in [1.165, 1.54) is 18.5 Å². The van der Waals surface area contributed by atoms with Gasteiger partial charge in [0.05, 0.1) is 4.92 Å². The van der Waals surface area contributed by atoms with E-state index in [1.54, 1.807) is 28.4 Å². The van der Waals surface area contributed by atoms with Crippen LogP contribution in [0.2, 0.25) is 0 Å². The summed E-state index contributed by atoms with van der Waals surface area (Å²) < 4.78 is 1.68. The molecule has 0 spiro atoms. The third-order valence-electron chi connectivity index (χ3n) is 2.88. The summed E-state index contributed by atoms with van der Waals surface area (Å²) in [7, 11) is 0. The molecule has 0 amide bonds. The molecule has 0 N–H and O–H groups in total. The van der Waals surface area contributed by atoms with Crippen molar-refractivity contribution in [1.82, 2.24) is 19.6 Å². The zero-order valence-corrected chi connectivity index (χ0v) is 11.9. The Morgan fingerprint density at radius 2 is 2.10 bits per heavy atom. The summed E-state index contributed by atoms with van der Waals surface area (Å²) in [6.07, 6.45) is 1.47. The van der Waals surface area contributed by atoms with Gasteiger partial charge in [0.2, 0.25) is 0 Å². The molecule has 3 aromatic rings. The van der Waals surface area contributed by atoms with Gasteiger partial charge in [-0.3, -0.25) is 10.1 Å². The summed E-state index contributed by atoms with van der Waals surface area (Å²) in [4.78, 5) is 18.6. The fraction of sp³-hybridized carbons (Fsp3) is 0.154. The first kappa shape index (κ1) is 13.5. The molecule has 2 heterocycles. The smallest absolute Gasteiger partial charge is 0.258 e. The van der Waals surface area contributed by atoms with Crippen molar-refractivity contribution in [2.45, 2.75) is 17.7 Å². The van der Waals surface area contributed by atoms with Crippen LogP contribution in [0.15, 0.2) is 41.7 Å². The van der Waals surface area contributed by atoms with Crippen molar-refractivity contribution in [2.75, 3.05) is 0 Å². The van der Waals surface area contributed by atoms with E-state index in [1.807, 2.05) is 13.0 Å². The standard InChI is InChI=1S/C13H11N5O2S/c1-9-6-12(17-13(16-9)14-8-15-17)21-7-10-2-4-11(5-3-10)18(19)20/h2-6,8H,7H2,1H3. The maximum absolute atomic E-state index is 10.6. The van der Waals surface area contributed by atoms with Gasteiger partial charge in [0.15, 0.2) is 0 Å². The minimum Gasteiger partial charge on any atom is -0.258 e. The summed E-state index contributed by atoms with van der Waals surface area (Å²) >= 11 is 1.59. The van der Waals surface area contributed by atoms with Crippen LogP contribution < -0.4 is 0 Å². The van der Waals surface area contributed by atoms with Gasteiger partial charge >= 0.3 is 0 Å². The quantitative estimate of drug-likeness (QED) is 0.319. The van der Waals surface area contributed by atoms with Gasteiger partial charge in [-0.2, -0.15) is 14.6 Å². The molecule has 106 valence electrons. The Bertz CT molecular complexity index is 800. The number of hydrogen-bond acceptors (Lipinski definition) is 6. The van der Waals surface area contributed by atoms with E-state index in [2.05, 4.69) is 15.1 Å². The zero-order chi connectivity index (χ0) is 14.8. The topological polar surface area (TPSA) is 86.2 Å². The Hall–Kier alpha value is -2.48. The van der Waals surface area contributed by atoms with E-state index in [4.69, 9.17) is 0 Å². The van der Waals surface area contributed by atoms with Gasteiger partial charge in [0.25, 0.3) is 11.5 Å². The summed E-state index contributed by atoms with van der Waals surface area (Å²) in [5, 5.41) is 15.7. The number of rotatable bonds is 4. The largest absolute Gasteiger partial charge is 0.269 e. The number of fused-ring (bicyclic) bond motifs is 1. The normalized spacial score (nSPS) is 10.9. The van der Waals surface area contributed by atoms with Crippen molar-refractivity contribution < 1.29 is 4.92 Å². The highest BCUT2D eigenvalue weighted by Crippen LogP contribution is 2.24. The monoisotopic (exact) mass is 301 g/mol. The van der Waals surface area contributed by atoms with Gasteiger partial charge in [-0.05, 0) is 18.6 Å². The second-order valence-electron chi connectivity index (χ2n) is 4.42. The molecule has 0 aliphatic heterocycles. The first-order valence-electron chi connectivity index (χ1n) is 6.17. The number of aromatic nitrogens is 4. The van der Waals surface area contributed by atoms with E-state index >= 15 is 0 Å². The molecule has 0 bridgehead atoms. The third kappa shape index (κ3) is 2.84. The van der Waals surface area contributed by atoms with Crippen molar-refractivity contribution in [3.05, 3.63) is 58.0 Å². The summed E-state index contributed by atoms with van der Waals surface area (Å²) in [6.45, 7) is 1.91. The molecule has 0 radical (unpaired) electrons. The molecule has 0 unspecified atom stereocenters. The Labute approximate surface area is 124 Å². The minimum absolute atomic E-state index is 0.0992. The zero-order valence-electron chi connectivity index (χ0n) is 11.1. The highest BCUT2D eigenvalue weighted by Gasteiger charge is 2.08. The van der Waals surface area contributed by atoms with Crippen LogP contribution >= 0.6 is 11.8 Å². The van der Waals surface area contributed by atoms with Crippen LogP contribution in [-0.2, 0) is 5.75 Å². The molecule has 0 fully saturated rings. The molecule has 21 heavy (non-hydrogen) atoms.